The number of nitrogens with one attached hydrogen (secondary N) is 5. The first-order chi connectivity index (χ1) is 49.4. The Hall–Kier alpha value is -10.3. The van der Waals surface area contributed by atoms with Gasteiger partial charge in [0.05, 0.1) is 85.6 Å². The van der Waals surface area contributed by atoms with Gasteiger partial charge in [0.1, 0.15) is 17.6 Å². The van der Waals surface area contributed by atoms with Crippen LogP contribution in [0.25, 0.3) is 21.9 Å². The fourth-order valence-electron chi connectivity index (χ4n) is 14.2. The number of H-pyrrole nitrogens is 1. The molecule has 10 rings (SSSR count). The fraction of sp³-hybridized carbons (Fsp3) is 0.415. The number of aromatic amines is 1. The van der Waals surface area contributed by atoms with E-state index in [9.17, 15) is 33.9 Å². The minimum Gasteiger partial charge on any atom is -0.480 e. The van der Waals surface area contributed by atoms with Crippen LogP contribution in [0, 0.1) is 13.8 Å². The number of amides is 3. The highest BCUT2D eigenvalue weighted by molar-refractivity contribution is 6.03. The highest BCUT2D eigenvalue weighted by Crippen LogP contribution is 2.51. The van der Waals surface area contributed by atoms with Gasteiger partial charge in [-0.15, -0.1) is 0 Å². The smallest absolute Gasteiger partial charge is 0.326 e. The zero-order valence-corrected chi connectivity index (χ0v) is 62.5. The van der Waals surface area contributed by atoms with Crippen molar-refractivity contribution < 1.29 is 52.1 Å². The second-order valence-electron chi connectivity index (χ2n) is 30.9. The van der Waals surface area contributed by atoms with Gasteiger partial charge in [-0.2, -0.15) is 9.56 Å². The minimum absolute atomic E-state index is 0.0415. The number of unbranched alkanes of at least 4 members (excludes halogenated alkanes) is 1. The van der Waals surface area contributed by atoms with Crippen molar-refractivity contribution in [2.24, 2.45) is 0 Å². The second-order valence-corrected chi connectivity index (χ2v) is 30.9. The number of nitrogens with two attached hydrogens (primary N) is 1. The van der Waals surface area contributed by atoms with Crippen LogP contribution in [0.1, 0.15) is 142 Å². The Balaban J connectivity index is 0.759. The van der Waals surface area contributed by atoms with Gasteiger partial charge in [-0.25, -0.2) is 14.8 Å². The van der Waals surface area contributed by atoms with Gasteiger partial charge in [0.15, 0.2) is 29.6 Å². The van der Waals surface area contributed by atoms with E-state index in [0.717, 1.165) is 89.7 Å². The number of anilines is 3. The maximum Gasteiger partial charge on any atom is 0.326 e. The van der Waals surface area contributed by atoms with Gasteiger partial charge in [-0.3, -0.25) is 29.0 Å². The van der Waals surface area contributed by atoms with E-state index in [-0.39, 0.29) is 78.1 Å². The number of aromatic nitrogens is 4. The van der Waals surface area contributed by atoms with Crippen LogP contribution in [0.5, 0.6) is 5.75 Å². The van der Waals surface area contributed by atoms with Gasteiger partial charge in [0.2, 0.25) is 23.5 Å². The van der Waals surface area contributed by atoms with Gasteiger partial charge in [-0.1, -0.05) is 73.5 Å². The van der Waals surface area contributed by atoms with Crippen LogP contribution < -0.4 is 42.2 Å². The summed E-state index contributed by atoms with van der Waals surface area (Å²) in [6.07, 6.45) is 15.8. The molecule has 7 aromatic rings. The summed E-state index contributed by atoms with van der Waals surface area (Å²) in [5.41, 5.74) is 19.6. The largest absolute Gasteiger partial charge is 0.480 e. The Labute approximate surface area is 610 Å². The number of hydrogen-bond acceptors (Lipinski definition) is 14. The van der Waals surface area contributed by atoms with Crippen LogP contribution in [0.3, 0.4) is 0 Å². The average molecular weight is 1420 g/mol. The standard InChI is InChI=1S/C82H101N13O9/c1-53-21-35-63-59(48-53)28-37-67-73(63)82(5,6)69(93(67)45-17-47-95(10,11)12)39-30-57-19-15-18-56(29-38-68-81(3,4)64-49-54(2)22-36-66(64)92(68)44-16-46-94(7,8)9)75(57)104-62-33-23-55(24-34-62)25-40-70(97)84-43-14-13-20-65(79(101)102)88-71(98)41-42-72(103-52-96)89-77(99)58-26-31-60(32-27-58)85-50-61-51-86-76-74(87-61)78(100)91-80(83)90-76/h21-24,26-39,48-49,51-52,65,72H,13-20,25,40-47,50H2,1-12H3,(H5-3,83,84,85,86,88,89,90,91,97,98,99,100,101,102)/p+3/t65-,72+/m0/s1. The van der Waals surface area contributed by atoms with E-state index in [0.29, 0.717) is 42.9 Å². The number of fused-ring (bicyclic) bond motifs is 5. The average Bonchev–Trinajstić information content (AvgIpc) is 1.57. The molecule has 5 aromatic carbocycles. The van der Waals surface area contributed by atoms with Gasteiger partial charge < -0.3 is 55.4 Å². The molecule has 0 saturated heterocycles. The number of carbonyl (C=O) groups is 5. The van der Waals surface area contributed by atoms with Crippen LogP contribution >= 0.6 is 0 Å². The summed E-state index contributed by atoms with van der Waals surface area (Å²) in [6.45, 7) is 18.4. The number of nitrogen functional groups attached to an aromatic ring is 1. The maximum absolute atomic E-state index is 13.3. The predicted octanol–water partition coefficient (Wildman–Crippen LogP) is 11.4. The number of aryl methyl sites for hydroxylation is 3. The topological polar surface area (TPSA) is 276 Å². The monoisotopic (exact) mass is 1410 g/mol. The predicted molar refractivity (Wildman–Crippen MR) is 410 cm³/mol. The first-order valence-electron chi connectivity index (χ1n) is 36.3. The molecule has 104 heavy (non-hydrogen) atoms. The quantitative estimate of drug-likeness (QED) is 0.00662. The number of carboxylic acids is 1. The number of ether oxygens (including phenoxy) is 2. The molecular formula is C82H104N13O9+3. The van der Waals surface area contributed by atoms with E-state index in [1.165, 1.54) is 74.1 Å². The third-order valence-corrected chi connectivity index (χ3v) is 19.7. The first kappa shape index (κ1) is 76.3. The summed E-state index contributed by atoms with van der Waals surface area (Å²) in [5.74, 6) is -1.04. The number of hydrogen-bond donors (Lipinski definition) is 7. The molecule has 0 spiro atoms. The van der Waals surface area contributed by atoms with Crippen molar-refractivity contribution >= 4 is 80.8 Å². The van der Waals surface area contributed by atoms with Crippen molar-refractivity contribution in [3.8, 4) is 5.75 Å². The van der Waals surface area contributed by atoms with Crippen LogP contribution in [0.15, 0.2) is 155 Å². The van der Waals surface area contributed by atoms with E-state index in [2.05, 4.69) is 207 Å². The summed E-state index contributed by atoms with van der Waals surface area (Å²) in [4.78, 5) is 92.8. The van der Waals surface area contributed by atoms with E-state index in [4.69, 9.17) is 15.2 Å². The van der Waals surface area contributed by atoms with Crippen molar-refractivity contribution in [1.29, 1.82) is 0 Å². The molecule has 1 aliphatic carbocycles. The minimum atomic E-state index is -1.22. The van der Waals surface area contributed by atoms with Crippen LogP contribution in [0.4, 0.5) is 23.0 Å². The summed E-state index contributed by atoms with van der Waals surface area (Å²) in [5, 5.41) is 23.8. The lowest BCUT2D eigenvalue weighted by molar-refractivity contribution is -0.871. The Bertz CT molecular complexity index is 4570. The molecule has 8 N–H and O–H groups in total. The number of quaternary nitrogens is 2. The summed E-state index contributed by atoms with van der Waals surface area (Å²) < 4.78 is 16.6. The first-order valence-corrected chi connectivity index (χ1v) is 36.3. The van der Waals surface area contributed by atoms with Crippen molar-refractivity contribution in [1.82, 2.24) is 35.9 Å². The summed E-state index contributed by atoms with van der Waals surface area (Å²) in [6, 6.07) is 31.5. The number of allylic oxidation sites excluding steroid dienone is 7. The zero-order chi connectivity index (χ0) is 74.7. The molecule has 0 radical (unpaired) electrons. The Morgan fingerprint density at radius 2 is 1.52 bits per heavy atom. The SMILES string of the molecule is Cc1ccc2c(c1)C(C)(C)C(/C=C/C1=C(Oc3ccc(CCC(=O)NCCCC[C@H](NC(=O)CC[C@H](NC(=O)c4ccc(NCc5cnc6nc(N)[nH]c(=O)c6n5)cc4)OC=O)C(=O)O)cc3)C(=C/C=C3/N(CCC[N+](C)(C)C)c4ccc5cc(C)ccc5c4C3(C)C)/CCC1)=[N+]2CCC[N+](C)(C)C. The fourth-order valence-corrected chi connectivity index (χ4v) is 14.2. The summed E-state index contributed by atoms with van der Waals surface area (Å²) in [7, 11) is 13.6. The molecule has 3 aliphatic rings. The highest BCUT2D eigenvalue weighted by Gasteiger charge is 2.45. The number of carbonyl (C=O) groups excluding carboxylic acids is 4. The molecule has 22 heteroatoms. The summed E-state index contributed by atoms with van der Waals surface area (Å²) >= 11 is 0. The molecule has 0 fully saturated rings. The van der Waals surface area contributed by atoms with E-state index in [1.54, 1.807) is 12.1 Å². The van der Waals surface area contributed by atoms with Gasteiger partial charge in [-0.05, 0) is 166 Å². The maximum atomic E-state index is 13.3. The number of rotatable bonds is 33. The van der Waals surface area contributed by atoms with Gasteiger partial charge >= 0.3 is 5.97 Å². The molecule has 3 amide bonds. The molecule has 22 nitrogen and oxygen atoms in total. The number of nitrogens with zero attached hydrogens (tertiary/aromatic N) is 7. The van der Waals surface area contributed by atoms with Gasteiger partial charge in [0.25, 0.3) is 17.9 Å². The van der Waals surface area contributed by atoms with Crippen LogP contribution in [0.2, 0.25) is 0 Å². The zero-order valence-electron chi connectivity index (χ0n) is 62.5. The van der Waals surface area contributed by atoms with Crippen molar-refractivity contribution in [3.05, 3.63) is 200 Å². The molecule has 2 atom stereocenters. The van der Waals surface area contributed by atoms with E-state index in [1.807, 2.05) is 24.3 Å². The Morgan fingerprint density at radius 3 is 2.25 bits per heavy atom. The second kappa shape index (κ2) is 33.0. The van der Waals surface area contributed by atoms with Crippen molar-refractivity contribution in [3.63, 3.8) is 0 Å². The van der Waals surface area contributed by atoms with Crippen LogP contribution in [-0.2, 0) is 47.7 Å². The third-order valence-electron chi connectivity index (χ3n) is 19.7. The molecule has 2 aromatic heterocycles. The third kappa shape index (κ3) is 19.3. The molecule has 0 unspecified atom stereocenters. The molecule has 2 aliphatic heterocycles. The molecule has 0 bridgehead atoms. The van der Waals surface area contributed by atoms with Crippen molar-refractivity contribution in [2.75, 3.05) is 91.0 Å². The van der Waals surface area contributed by atoms with Crippen LogP contribution in [-0.4, -0.2) is 162 Å². The van der Waals surface area contributed by atoms with E-state index < -0.39 is 35.6 Å². The number of benzene rings is 5. The Morgan fingerprint density at radius 1 is 0.788 bits per heavy atom. The van der Waals surface area contributed by atoms with E-state index >= 15 is 0 Å². The van der Waals surface area contributed by atoms with Crippen molar-refractivity contribution in [2.45, 2.75) is 148 Å². The Kier molecular flexibility index (Phi) is 24.2. The normalized spacial score (nSPS) is 16.2. The highest BCUT2D eigenvalue weighted by atomic mass is 16.5. The molecular weight excluding hydrogens is 1310 g/mol. The number of aliphatic carboxylic acids is 1. The van der Waals surface area contributed by atoms with Gasteiger partial charge in [0, 0.05) is 84.5 Å². The molecule has 0 saturated carbocycles. The molecule has 4 heterocycles. The lowest BCUT2D eigenvalue weighted by Gasteiger charge is -2.29. The lowest BCUT2D eigenvalue weighted by atomic mass is 9.80. The number of carboxylic acid groups (broad SMARTS) is 1. The lowest BCUT2D eigenvalue weighted by Crippen LogP contribution is -2.42. The molecule has 548 valence electrons.